The molecule has 0 aliphatic heterocycles. The molecule has 4 nitrogen and oxygen atoms in total. The second-order valence-electron chi connectivity index (χ2n) is 4.83. The Morgan fingerprint density at radius 2 is 1.86 bits per heavy atom. The summed E-state index contributed by atoms with van der Waals surface area (Å²) >= 11 is 0. The average Bonchev–Trinajstić information content (AvgIpc) is 2.24. The van der Waals surface area contributed by atoms with Crippen molar-refractivity contribution in [2.24, 2.45) is 22.5 Å². The van der Waals surface area contributed by atoms with Crippen molar-refractivity contribution in [1.82, 2.24) is 0 Å². The molecule has 1 aliphatic rings. The number of hydrogen-bond acceptors (Lipinski definition) is 3. The van der Waals surface area contributed by atoms with Gasteiger partial charge in [0.05, 0.1) is 0 Å². The monoisotopic (exact) mass is 198 g/mol. The van der Waals surface area contributed by atoms with Crippen LogP contribution in [0.3, 0.4) is 0 Å². The maximum Gasteiger partial charge on any atom is 0.221 e. The number of carbonyl (C=O) groups excluding carboxylic acids is 2. The predicted molar refractivity (Wildman–Crippen MR) is 48.8 cm³/mol. The lowest BCUT2D eigenvalue weighted by atomic mass is 9.65. The van der Waals surface area contributed by atoms with E-state index in [1.165, 1.54) is 0 Å². The first-order chi connectivity index (χ1) is 6.23. The first kappa shape index (κ1) is 11.0. The molecule has 1 saturated carbocycles. The molecule has 2 N–H and O–H groups in total. The summed E-state index contributed by atoms with van der Waals surface area (Å²) in [5.41, 5.74) is 3.66. The number of rotatable bonds is 2. The summed E-state index contributed by atoms with van der Waals surface area (Å²) in [6, 6.07) is 0. The highest BCUT2D eigenvalue weighted by Gasteiger charge is 2.54. The van der Waals surface area contributed by atoms with Gasteiger partial charge in [-0.05, 0) is 18.3 Å². The molecule has 0 radical (unpaired) electrons. The summed E-state index contributed by atoms with van der Waals surface area (Å²) in [5.74, 6) is -1.88. The van der Waals surface area contributed by atoms with E-state index in [1.54, 1.807) is 20.8 Å². The fraction of sp³-hybridized carbons (Fsp3) is 0.800. The fourth-order valence-electron chi connectivity index (χ4n) is 2.36. The van der Waals surface area contributed by atoms with Crippen LogP contribution in [0.2, 0.25) is 0 Å². The van der Waals surface area contributed by atoms with Crippen LogP contribution in [-0.2, 0) is 9.59 Å². The smallest absolute Gasteiger partial charge is 0.221 e. The van der Waals surface area contributed by atoms with Gasteiger partial charge in [0.2, 0.25) is 5.91 Å². The Bertz CT molecular complexity index is 285. The van der Waals surface area contributed by atoms with Gasteiger partial charge in [0.1, 0.15) is 0 Å². The predicted octanol–water partition coefficient (Wildman–Crippen LogP) is -0.336. The Hall–Kier alpha value is -1.06. The van der Waals surface area contributed by atoms with Crippen LogP contribution < -0.4 is 10.8 Å². The van der Waals surface area contributed by atoms with Crippen molar-refractivity contribution in [3.63, 3.8) is 0 Å². The molecule has 0 spiro atoms. The molecule has 1 amide bonds. The van der Waals surface area contributed by atoms with Gasteiger partial charge in [-0.25, -0.2) is 0 Å². The highest BCUT2D eigenvalue weighted by atomic mass is 16.4. The molecule has 0 aromatic rings. The second kappa shape index (κ2) is 2.97. The number of amides is 1. The van der Waals surface area contributed by atoms with Crippen molar-refractivity contribution in [3.05, 3.63) is 0 Å². The third-order valence-corrected chi connectivity index (χ3v) is 4.02. The minimum Gasteiger partial charge on any atom is -0.550 e. The Morgan fingerprint density at radius 1 is 1.36 bits per heavy atom. The van der Waals surface area contributed by atoms with Gasteiger partial charge in [-0.3, -0.25) is 4.79 Å². The van der Waals surface area contributed by atoms with E-state index in [0.717, 1.165) is 0 Å². The molecular formula is C10H16NO3-. The number of carbonyl (C=O) groups is 2. The highest BCUT2D eigenvalue weighted by Crippen LogP contribution is 2.55. The summed E-state index contributed by atoms with van der Waals surface area (Å²) in [6.45, 7) is 5.17. The molecule has 0 aromatic carbocycles. The first-order valence-corrected chi connectivity index (χ1v) is 4.74. The SMILES string of the molecule is CC1(C)[C@@H](C(N)=O)CC[C@]1(C)C(=O)[O-]. The van der Waals surface area contributed by atoms with Crippen LogP contribution in [0.4, 0.5) is 0 Å². The van der Waals surface area contributed by atoms with Crippen LogP contribution in [0.1, 0.15) is 33.6 Å². The lowest BCUT2D eigenvalue weighted by molar-refractivity contribution is -0.323. The maximum atomic E-state index is 11.1. The van der Waals surface area contributed by atoms with Crippen LogP contribution in [0.15, 0.2) is 0 Å². The van der Waals surface area contributed by atoms with Crippen LogP contribution in [0, 0.1) is 16.7 Å². The number of nitrogens with two attached hydrogens (primary N) is 1. The molecule has 0 aromatic heterocycles. The van der Waals surface area contributed by atoms with E-state index in [1.807, 2.05) is 0 Å². The molecule has 1 rings (SSSR count). The number of aliphatic carboxylic acids is 1. The lowest BCUT2D eigenvalue weighted by Crippen LogP contribution is -2.49. The Morgan fingerprint density at radius 3 is 2.07 bits per heavy atom. The number of carboxylic acids is 1. The largest absolute Gasteiger partial charge is 0.550 e. The quantitative estimate of drug-likeness (QED) is 0.659. The van der Waals surface area contributed by atoms with Crippen molar-refractivity contribution in [3.8, 4) is 0 Å². The minimum absolute atomic E-state index is 0.370. The van der Waals surface area contributed by atoms with Crippen LogP contribution in [-0.4, -0.2) is 11.9 Å². The molecule has 1 aliphatic carbocycles. The maximum absolute atomic E-state index is 11.1. The van der Waals surface area contributed by atoms with E-state index in [-0.39, 0.29) is 5.92 Å². The van der Waals surface area contributed by atoms with Crippen LogP contribution >= 0.6 is 0 Å². The van der Waals surface area contributed by atoms with Crippen molar-refractivity contribution >= 4 is 11.9 Å². The molecule has 0 unspecified atom stereocenters. The highest BCUT2D eigenvalue weighted by molar-refractivity contribution is 5.82. The van der Waals surface area contributed by atoms with Crippen molar-refractivity contribution in [1.29, 1.82) is 0 Å². The Kier molecular flexibility index (Phi) is 2.34. The van der Waals surface area contributed by atoms with E-state index in [2.05, 4.69) is 0 Å². The molecule has 2 atom stereocenters. The molecule has 80 valence electrons. The normalized spacial score (nSPS) is 35.5. The average molecular weight is 198 g/mol. The zero-order valence-corrected chi connectivity index (χ0v) is 8.79. The van der Waals surface area contributed by atoms with Gasteiger partial charge in [-0.2, -0.15) is 0 Å². The summed E-state index contributed by atoms with van der Waals surface area (Å²) in [5, 5.41) is 11.0. The van der Waals surface area contributed by atoms with Gasteiger partial charge in [0.15, 0.2) is 0 Å². The molecule has 1 fully saturated rings. The summed E-state index contributed by atoms with van der Waals surface area (Å²) < 4.78 is 0. The third kappa shape index (κ3) is 1.21. The van der Waals surface area contributed by atoms with Gasteiger partial charge in [0.25, 0.3) is 0 Å². The van der Waals surface area contributed by atoms with E-state index >= 15 is 0 Å². The van der Waals surface area contributed by atoms with E-state index < -0.39 is 22.7 Å². The zero-order valence-electron chi connectivity index (χ0n) is 8.79. The Balaban J connectivity index is 3.08. The molecule has 14 heavy (non-hydrogen) atoms. The summed E-state index contributed by atoms with van der Waals surface area (Å²) in [6.07, 6.45) is 0.989. The van der Waals surface area contributed by atoms with Gasteiger partial charge in [-0.15, -0.1) is 0 Å². The van der Waals surface area contributed by atoms with Gasteiger partial charge in [0, 0.05) is 17.3 Å². The minimum atomic E-state index is -1.09. The third-order valence-electron chi connectivity index (χ3n) is 4.02. The van der Waals surface area contributed by atoms with Crippen molar-refractivity contribution in [2.75, 3.05) is 0 Å². The lowest BCUT2D eigenvalue weighted by Gasteiger charge is -2.41. The van der Waals surface area contributed by atoms with Crippen molar-refractivity contribution in [2.45, 2.75) is 33.6 Å². The number of hydrogen-bond donors (Lipinski definition) is 1. The van der Waals surface area contributed by atoms with Gasteiger partial charge < -0.3 is 15.6 Å². The van der Waals surface area contributed by atoms with E-state index in [9.17, 15) is 14.7 Å². The first-order valence-electron chi connectivity index (χ1n) is 4.74. The molecule has 0 bridgehead atoms. The standard InChI is InChI=1S/C10H17NO3/c1-9(2)6(7(11)12)4-5-10(9,3)8(13)14/h6H,4-5H2,1-3H3,(H2,11,12)(H,13,14)/p-1/t6-,10-/m1/s1. The van der Waals surface area contributed by atoms with Crippen LogP contribution in [0.25, 0.3) is 0 Å². The summed E-state index contributed by atoms with van der Waals surface area (Å²) in [7, 11) is 0. The Labute approximate surface area is 83.5 Å². The molecule has 4 heteroatoms. The molecule has 0 saturated heterocycles. The topological polar surface area (TPSA) is 83.2 Å². The van der Waals surface area contributed by atoms with Gasteiger partial charge in [-0.1, -0.05) is 20.8 Å². The zero-order chi connectivity index (χ0) is 11.1. The number of carboxylic acid groups (broad SMARTS) is 1. The molecule has 0 heterocycles. The van der Waals surface area contributed by atoms with Gasteiger partial charge >= 0.3 is 0 Å². The van der Waals surface area contributed by atoms with Crippen molar-refractivity contribution < 1.29 is 14.7 Å². The fourth-order valence-corrected chi connectivity index (χ4v) is 2.36. The molecular weight excluding hydrogens is 182 g/mol. The number of primary amides is 1. The van der Waals surface area contributed by atoms with Crippen LogP contribution in [0.5, 0.6) is 0 Å². The summed E-state index contributed by atoms with van der Waals surface area (Å²) in [4.78, 5) is 22.2. The second-order valence-corrected chi connectivity index (χ2v) is 4.83. The van der Waals surface area contributed by atoms with E-state index in [4.69, 9.17) is 5.73 Å². The van der Waals surface area contributed by atoms with E-state index in [0.29, 0.717) is 12.8 Å².